The Hall–Kier alpha value is -3.93. The molecule has 4 aromatic rings. The molecule has 208 valence electrons. The summed E-state index contributed by atoms with van der Waals surface area (Å²) < 4.78 is 24.1. The number of carbonyl (C=O) groups excluding carboxylic acids is 1. The van der Waals surface area contributed by atoms with Crippen molar-refractivity contribution in [3.05, 3.63) is 129 Å². The van der Waals surface area contributed by atoms with Crippen LogP contribution in [0.1, 0.15) is 70.6 Å². The zero-order valence-corrected chi connectivity index (χ0v) is 24.2. The summed E-state index contributed by atoms with van der Waals surface area (Å²) in [5.41, 5.74) is 7.54. The number of hydrogen-bond donors (Lipinski definition) is 0. The molecule has 2 unspecified atom stereocenters. The standard InChI is InChI=1S/C35H38O5/c1-23-17-25(3)33(31(19-23)27(5)37-21-29-13-9-7-10-14-29)39-35(36)40-34-26(4)18-24(2)20-32(34)28(6)38-22-30-15-11-8-12-16-30/h7-20,27-28H,21-22H2,1-6H3. The minimum absolute atomic E-state index is 0.301. The summed E-state index contributed by atoms with van der Waals surface area (Å²) in [5.74, 6) is 0.909. The molecule has 0 radical (unpaired) electrons. The van der Waals surface area contributed by atoms with Crippen LogP contribution in [0, 0.1) is 27.7 Å². The van der Waals surface area contributed by atoms with Gasteiger partial charge in [0.05, 0.1) is 25.4 Å². The van der Waals surface area contributed by atoms with E-state index in [2.05, 4.69) is 0 Å². The molecule has 0 saturated carbocycles. The third-order valence-electron chi connectivity index (χ3n) is 6.83. The van der Waals surface area contributed by atoms with Gasteiger partial charge in [-0.1, -0.05) is 83.9 Å². The molecule has 4 aromatic carbocycles. The van der Waals surface area contributed by atoms with E-state index in [1.807, 2.05) is 126 Å². The quantitative estimate of drug-likeness (QED) is 0.149. The Balaban J connectivity index is 1.52. The lowest BCUT2D eigenvalue weighted by Gasteiger charge is -2.21. The predicted octanol–water partition coefficient (Wildman–Crippen LogP) is 9.05. The first kappa shape index (κ1) is 29.1. The van der Waals surface area contributed by atoms with Crippen molar-refractivity contribution in [2.24, 2.45) is 0 Å². The number of aryl methyl sites for hydroxylation is 4. The molecule has 5 heteroatoms. The van der Waals surface area contributed by atoms with E-state index in [0.717, 1.165) is 44.5 Å². The maximum atomic E-state index is 13.2. The van der Waals surface area contributed by atoms with Crippen molar-refractivity contribution in [1.29, 1.82) is 0 Å². The van der Waals surface area contributed by atoms with Gasteiger partial charge in [0.1, 0.15) is 11.5 Å². The smallest absolute Gasteiger partial charge is 0.394 e. The minimum atomic E-state index is -0.799. The summed E-state index contributed by atoms with van der Waals surface area (Å²) in [7, 11) is 0. The molecule has 0 heterocycles. The third kappa shape index (κ3) is 7.59. The second-order valence-electron chi connectivity index (χ2n) is 10.3. The van der Waals surface area contributed by atoms with Crippen LogP contribution in [0.5, 0.6) is 11.5 Å². The second-order valence-corrected chi connectivity index (χ2v) is 10.3. The van der Waals surface area contributed by atoms with E-state index in [1.165, 1.54) is 0 Å². The Bertz CT molecular complexity index is 1320. The molecule has 2 atom stereocenters. The average Bonchev–Trinajstić information content (AvgIpc) is 2.94. The molecule has 4 rings (SSSR count). The summed E-state index contributed by atoms with van der Waals surface area (Å²) >= 11 is 0. The van der Waals surface area contributed by atoms with Crippen LogP contribution in [0.3, 0.4) is 0 Å². The van der Waals surface area contributed by atoms with Gasteiger partial charge >= 0.3 is 6.16 Å². The summed E-state index contributed by atoms with van der Waals surface area (Å²) in [4.78, 5) is 13.2. The molecule has 40 heavy (non-hydrogen) atoms. The van der Waals surface area contributed by atoms with Gasteiger partial charge in [-0.3, -0.25) is 0 Å². The number of rotatable bonds is 10. The van der Waals surface area contributed by atoms with Gasteiger partial charge in [-0.25, -0.2) is 4.79 Å². The van der Waals surface area contributed by atoms with Gasteiger partial charge in [0.2, 0.25) is 0 Å². The van der Waals surface area contributed by atoms with Gasteiger partial charge in [-0.05, 0) is 75.9 Å². The van der Waals surface area contributed by atoms with Crippen LogP contribution in [0.4, 0.5) is 4.79 Å². The molecular weight excluding hydrogens is 500 g/mol. The molecule has 0 N–H and O–H groups in total. The molecular formula is C35H38O5. The fraction of sp³-hybridized carbons (Fsp3) is 0.286. The lowest BCUT2D eigenvalue weighted by atomic mass is 10.0. The Morgan fingerprint density at radius 1 is 0.600 bits per heavy atom. The molecule has 0 spiro atoms. The highest BCUT2D eigenvalue weighted by atomic mass is 16.7. The Labute approximate surface area is 237 Å². The molecule has 0 aliphatic carbocycles. The van der Waals surface area contributed by atoms with Crippen LogP contribution >= 0.6 is 0 Å². The Kier molecular flexibility index (Phi) is 9.75. The Morgan fingerprint density at radius 2 is 0.975 bits per heavy atom. The van der Waals surface area contributed by atoms with Crippen LogP contribution < -0.4 is 9.47 Å². The monoisotopic (exact) mass is 538 g/mol. The number of hydrogen-bond acceptors (Lipinski definition) is 5. The van der Waals surface area contributed by atoms with Crippen LogP contribution in [-0.4, -0.2) is 6.16 Å². The fourth-order valence-electron chi connectivity index (χ4n) is 4.82. The van der Waals surface area contributed by atoms with E-state index in [9.17, 15) is 4.79 Å². The molecule has 0 amide bonds. The lowest BCUT2D eigenvalue weighted by Crippen LogP contribution is -2.18. The van der Waals surface area contributed by atoms with Crippen molar-refractivity contribution in [3.8, 4) is 11.5 Å². The molecule has 0 aliphatic rings. The van der Waals surface area contributed by atoms with E-state index in [0.29, 0.717) is 24.7 Å². The first-order chi connectivity index (χ1) is 19.2. The summed E-state index contributed by atoms with van der Waals surface area (Å²) in [6.45, 7) is 12.7. The fourth-order valence-corrected chi connectivity index (χ4v) is 4.82. The predicted molar refractivity (Wildman–Crippen MR) is 158 cm³/mol. The molecule has 0 aromatic heterocycles. The maximum absolute atomic E-state index is 13.2. The van der Waals surface area contributed by atoms with E-state index in [4.69, 9.17) is 18.9 Å². The first-order valence-corrected chi connectivity index (χ1v) is 13.6. The molecule has 0 saturated heterocycles. The first-order valence-electron chi connectivity index (χ1n) is 13.6. The number of ether oxygens (including phenoxy) is 4. The normalized spacial score (nSPS) is 12.6. The Morgan fingerprint density at radius 3 is 1.35 bits per heavy atom. The van der Waals surface area contributed by atoms with Gasteiger partial charge < -0.3 is 18.9 Å². The highest BCUT2D eigenvalue weighted by Crippen LogP contribution is 2.36. The molecule has 5 nitrogen and oxygen atoms in total. The average molecular weight is 539 g/mol. The second kappa shape index (κ2) is 13.4. The maximum Gasteiger partial charge on any atom is 0.519 e. The van der Waals surface area contributed by atoms with E-state index in [-0.39, 0.29) is 12.2 Å². The van der Waals surface area contributed by atoms with Gasteiger partial charge in [0.15, 0.2) is 0 Å². The topological polar surface area (TPSA) is 54.0 Å². The van der Waals surface area contributed by atoms with Gasteiger partial charge in [-0.15, -0.1) is 0 Å². The van der Waals surface area contributed by atoms with Crippen molar-refractivity contribution in [3.63, 3.8) is 0 Å². The van der Waals surface area contributed by atoms with E-state index >= 15 is 0 Å². The largest absolute Gasteiger partial charge is 0.519 e. The van der Waals surface area contributed by atoms with Crippen molar-refractivity contribution >= 4 is 6.16 Å². The van der Waals surface area contributed by atoms with Crippen LogP contribution in [0.25, 0.3) is 0 Å². The number of benzene rings is 4. The minimum Gasteiger partial charge on any atom is -0.394 e. The van der Waals surface area contributed by atoms with Crippen LogP contribution in [0.2, 0.25) is 0 Å². The van der Waals surface area contributed by atoms with Gasteiger partial charge in [-0.2, -0.15) is 0 Å². The number of carbonyl (C=O) groups is 1. The van der Waals surface area contributed by atoms with E-state index in [1.54, 1.807) is 0 Å². The molecule has 0 bridgehead atoms. The lowest BCUT2D eigenvalue weighted by molar-refractivity contribution is 0.0493. The third-order valence-corrected chi connectivity index (χ3v) is 6.83. The van der Waals surface area contributed by atoms with Crippen molar-refractivity contribution < 1.29 is 23.7 Å². The SMILES string of the molecule is Cc1cc(C)c(OC(=O)Oc2c(C)cc(C)cc2C(C)OCc2ccccc2)c(C(C)OCc2ccccc2)c1. The zero-order valence-electron chi connectivity index (χ0n) is 24.2. The highest BCUT2D eigenvalue weighted by Gasteiger charge is 2.23. The van der Waals surface area contributed by atoms with Crippen molar-refractivity contribution in [2.45, 2.75) is 67.0 Å². The summed E-state index contributed by atoms with van der Waals surface area (Å²) in [5, 5.41) is 0. The van der Waals surface area contributed by atoms with Gasteiger partial charge in [0, 0.05) is 11.1 Å². The molecule has 0 fully saturated rings. The van der Waals surface area contributed by atoms with Crippen LogP contribution in [-0.2, 0) is 22.7 Å². The van der Waals surface area contributed by atoms with Crippen LogP contribution in [0.15, 0.2) is 84.9 Å². The molecule has 0 aliphatic heterocycles. The zero-order chi connectivity index (χ0) is 28.6. The van der Waals surface area contributed by atoms with E-state index < -0.39 is 6.16 Å². The summed E-state index contributed by atoms with van der Waals surface area (Å²) in [6.07, 6.45) is -1.40. The highest BCUT2D eigenvalue weighted by molar-refractivity contribution is 5.70. The van der Waals surface area contributed by atoms with Crippen molar-refractivity contribution in [1.82, 2.24) is 0 Å². The summed E-state index contributed by atoms with van der Waals surface area (Å²) in [6, 6.07) is 27.9. The van der Waals surface area contributed by atoms with Gasteiger partial charge in [0.25, 0.3) is 0 Å². The van der Waals surface area contributed by atoms with Crippen molar-refractivity contribution in [2.75, 3.05) is 0 Å².